The molecule has 7 heteroatoms. The molecule has 0 bridgehead atoms. The number of hydrogen-bond acceptors (Lipinski definition) is 7. The first kappa shape index (κ1) is 24.3. The summed E-state index contributed by atoms with van der Waals surface area (Å²) in [4.78, 5) is 16.6. The molecule has 0 radical (unpaired) electrons. The summed E-state index contributed by atoms with van der Waals surface area (Å²) in [6.07, 6.45) is -0.163. The number of hydrogen-bond donors (Lipinski definition) is 0. The van der Waals surface area contributed by atoms with Gasteiger partial charge in [0, 0.05) is 13.0 Å². The third-order valence-electron chi connectivity index (χ3n) is 5.28. The van der Waals surface area contributed by atoms with E-state index in [1.807, 2.05) is 79.7 Å². The van der Waals surface area contributed by atoms with Gasteiger partial charge in [0.05, 0.1) is 12.2 Å². The molecule has 1 heterocycles. The molecule has 0 aliphatic rings. The van der Waals surface area contributed by atoms with E-state index >= 15 is 0 Å². The number of nitrogens with zero attached hydrogens (tertiary/aromatic N) is 1. The van der Waals surface area contributed by atoms with Crippen molar-refractivity contribution in [2.75, 3.05) is 26.4 Å². The Morgan fingerprint density at radius 1 is 0.886 bits per heavy atom. The van der Waals surface area contributed by atoms with Crippen molar-refractivity contribution in [3.05, 3.63) is 78.4 Å². The molecule has 0 N–H and O–H groups in total. The maximum absolute atomic E-state index is 12.1. The summed E-state index contributed by atoms with van der Waals surface area (Å²) in [5.74, 6) is 1.57. The lowest BCUT2D eigenvalue weighted by molar-refractivity contribution is -0.156. The van der Waals surface area contributed by atoms with E-state index in [0.29, 0.717) is 50.2 Å². The average Bonchev–Trinajstić information content (AvgIpc) is 3.32. The number of fused-ring (bicyclic) bond motifs is 1. The van der Waals surface area contributed by atoms with Gasteiger partial charge in [-0.1, -0.05) is 36.4 Å². The van der Waals surface area contributed by atoms with Gasteiger partial charge in [-0.25, -0.2) is 9.78 Å². The minimum Gasteiger partial charge on any atom is -0.490 e. The van der Waals surface area contributed by atoms with E-state index < -0.39 is 6.10 Å². The van der Waals surface area contributed by atoms with Crippen LogP contribution in [0.1, 0.15) is 19.4 Å². The van der Waals surface area contributed by atoms with Crippen LogP contribution in [0.3, 0.4) is 0 Å². The first-order chi connectivity index (χ1) is 17.2. The first-order valence-corrected chi connectivity index (χ1v) is 11.8. The molecule has 0 spiro atoms. The topological polar surface area (TPSA) is 80.0 Å². The summed E-state index contributed by atoms with van der Waals surface area (Å²) >= 11 is 0. The van der Waals surface area contributed by atoms with E-state index in [0.717, 1.165) is 22.2 Å². The molecular formula is C28H29NO6. The number of para-hydroxylation sites is 3. The molecule has 0 aliphatic carbocycles. The van der Waals surface area contributed by atoms with Gasteiger partial charge in [0.2, 0.25) is 5.89 Å². The Labute approximate surface area is 204 Å². The number of oxazole rings is 1. The molecule has 4 rings (SSSR count). The maximum atomic E-state index is 12.1. The molecule has 0 saturated heterocycles. The molecule has 1 atom stereocenters. The largest absolute Gasteiger partial charge is 0.490 e. The highest BCUT2D eigenvalue weighted by atomic mass is 16.6. The van der Waals surface area contributed by atoms with Crippen LogP contribution in [0, 0.1) is 0 Å². The van der Waals surface area contributed by atoms with E-state index in [-0.39, 0.29) is 5.97 Å². The molecule has 0 saturated carbocycles. The van der Waals surface area contributed by atoms with Gasteiger partial charge in [-0.2, -0.15) is 0 Å². The molecule has 0 aliphatic heterocycles. The number of ether oxygens (including phenoxy) is 4. The maximum Gasteiger partial charge on any atom is 0.335 e. The van der Waals surface area contributed by atoms with Gasteiger partial charge in [-0.15, -0.1) is 0 Å². The van der Waals surface area contributed by atoms with Crippen molar-refractivity contribution >= 4 is 17.1 Å². The van der Waals surface area contributed by atoms with Crippen LogP contribution >= 0.6 is 0 Å². The Morgan fingerprint density at radius 2 is 1.63 bits per heavy atom. The van der Waals surface area contributed by atoms with Crippen LogP contribution in [-0.2, 0) is 20.7 Å². The van der Waals surface area contributed by atoms with Gasteiger partial charge in [-0.05, 0) is 55.8 Å². The van der Waals surface area contributed by atoms with Gasteiger partial charge in [0.25, 0.3) is 0 Å². The van der Waals surface area contributed by atoms with Crippen molar-refractivity contribution in [1.29, 1.82) is 0 Å². The zero-order chi connectivity index (χ0) is 24.5. The molecule has 0 amide bonds. The minimum absolute atomic E-state index is 0.330. The Balaban J connectivity index is 1.31. The Morgan fingerprint density at radius 3 is 2.40 bits per heavy atom. The third kappa shape index (κ3) is 6.39. The monoisotopic (exact) mass is 475 g/mol. The molecule has 7 nitrogen and oxygen atoms in total. The summed E-state index contributed by atoms with van der Waals surface area (Å²) in [5, 5.41) is 0. The molecule has 0 fully saturated rings. The van der Waals surface area contributed by atoms with E-state index in [1.165, 1.54) is 0 Å². The number of aromatic nitrogens is 1. The Hall–Kier alpha value is -3.84. The van der Waals surface area contributed by atoms with Crippen molar-refractivity contribution in [3.63, 3.8) is 0 Å². The standard InChI is InChI=1S/C28H29NO6/c1-3-31-26(28(30)32-4-2)19-20-13-15-21(16-14-20)33-17-18-34-24-11-7-5-9-22(24)27-29-23-10-6-8-12-25(23)35-27/h5-16,26H,3-4,17-19H2,1-2H3/t26-/m0/s1. The summed E-state index contributed by atoms with van der Waals surface area (Å²) in [6, 6.07) is 22.9. The van der Waals surface area contributed by atoms with Gasteiger partial charge in [-0.3, -0.25) is 0 Å². The second kappa shape index (κ2) is 12.0. The normalized spacial score (nSPS) is 11.8. The predicted molar refractivity (Wildman–Crippen MR) is 133 cm³/mol. The van der Waals surface area contributed by atoms with Crippen LogP contribution in [0.25, 0.3) is 22.6 Å². The minimum atomic E-state index is -0.610. The molecule has 182 valence electrons. The van der Waals surface area contributed by atoms with Crippen molar-refractivity contribution < 1.29 is 28.2 Å². The van der Waals surface area contributed by atoms with E-state index in [9.17, 15) is 4.79 Å². The number of esters is 1. The first-order valence-electron chi connectivity index (χ1n) is 11.8. The average molecular weight is 476 g/mol. The van der Waals surface area contributed by atoms with Crippen molar-refractivity contribution in [1.82, 2.24) is 4.98 Å². The molecular weight excluding hydrogens is 446 g/mol. The lowest BCUT2D eigenvalue weighted by Gasteiger charge is -2.16. The second-order valence-corrected chi connectivity index (χ2v) is 7.72. The highest BCUT2D eigenvalue weighted by molar-refractivity contribution is 5.77. The molecule has 4 aromatic rings. The van der Waals surface area contributed by atoms with Crippen LogP contribution in [0.5, 0.6) is 11.5 Å². The zero-order valence-corrected chi connectivity index (χ0v) is 19.9. The lowest BCUT2D eigenvalue weighted by atomic mass is 10.1. The summed E-state index contributed by atoms with van der Waals surface area (Å²) in [7, 11) is 0. The summed E-state index contributed by atoms with van der Waals surface area (Å²) in [5.41, 5.74) is 3.30. The predicted octanol–water partition coefficient (Wildman–Crippen LogP) is 5.46. The lowest BCUT2D eigenvalue weighted by Crippen LogP contribution is -2.28. The Kier molecular flexibility index (Phi) is 8.35. The smallest absolute Gasteiger partial charge is 0.335 e. The second-order valence-electron chi connectivity index (χ2n) is 7.72. The van der Waals surface area contributed by atoms with Crippen molar-refractivity contribution in [3.8, 4) is 23.0 Å². The van der Waals surface area contributed by atoms with Crippen LogP contribution in [-0.4, -0.2) is 43.5 Å². The summed E-state index contributed by atoms with van der Waals surface area (Å²) < 4.78 is 28.3. The fraction of sp³-hybridized carbons (Fsp3) is 0.286. The zero-order valence-electron chi connectivity index (χ0n) is 19.9. The van der Waals surface area contributed by atoms with Gasteiger partial charge < -0.3 is 23.4 Å². The van der Waals surface area contributed by atoms with Crippen LogP contribution in [0.2, 0.25) is 0 Å². The van der Waals surface area contributed by atoms with Crippen LogP contribution in [0.4, 0.5) is 0 Å². The number of carbonyl (C=O) groups is 1. The molecule has 3 aromatic carbocycles. The summed E-state index contributed by atoms with van der Waals surface area (Å²) in [6.45, 7) is 5.14. The van der Waals surface area contributed by atoms with Gasteiger partial charge >= 0.3 is 5.97 Å². The van der Waals surface area contributed by atoms with Crippen molar-refractivity contribution in [2.45, 2.75) is 26.4 Å². The number of benzene rings is 3. The molecule has 35 heavy (non-hydrogen) atoms. The fourth-order valence-electron chi connectivity index (χ4n) is 3.65. The van der Waals surface area contributed by atoms with E-state index in [1.54, 1.807) is 6.92 Å². The van der Waals surface area contributed by atoms with E-state index in [2.05, 4.69) is 4.98 Å². The fourth-order valence-corrected chi connectivity index (χ4v) is 3.65. The number of carbonyl (C=O) groups excluding carboxylic acids is 1. The van der Waals surface area contributed by atoms with Gasteiger partial charge in [0.15, 0.2) is 11.7 Å². The van der Waals surface area contributed by atoms with Crippen molar-refractivity contribution in [2.24, 2.45) is 0 Å². The molecule has 1 aromatic heterocycles. The quantitative estimate of drug-likeness (QED) is 0.199. The van der Waals surface area contributed by atoms with Gasteiger partial charge in [0.1, 0.15) is 30.2 Å². The van der Waals surface area contributed by atoms with E-state index in [4.69, 9.17) is 23.4 Å². The third-order valence-corrected chi connectivity index (χ3v) is 5.28. The Bertz CT molecular complexity index is 1200. The SMILES string of the molecule is CCOC(=O)[C@H](Cc1ccc(OCCOc2ccccc2-c2nc3ccccc3o2)cc1)OCC. The van der Waals surface area contributed by atoms with Crippen LogP contribution < -0.4 is 9.47 Å². The molecule has 0 unspecified atom stereocenters. The highest BCUT2D eigenvalue weighted by Crippen LogP contribution is 2.31. The number of rotatable bonds is 12. The van der Waals surface area contributed by atoms with Crippen LogP contribution in [0.15, 0.2) is 77.2 Å². The highest BCUT2D eigenvalue weighted by Gasteiger charge is 2.20.